The third-order valence-electron chi connectivity index (χ3n) is 4.99. The molecule has 6 heteroatoms. The van der Waals surface area contributed by atoms with Crippen LogP contribution in [0.5, 0.6) is 0 Å². The van der Waals surface area contributed by atoms with E-state index in [0.717, 1.165) is 32.4 Å². The molecular weight excluding hydrogens is 270 g/mol. The summed E-state index contributed by atoms with van der Waals surface area (Å²) in [6.07, 6.45) is 4.54. The Bertz CT molecular complexity index is 402. The first-order valence-electron chi connectivity index (χ1n) is 8.02. The molecular formula is C15H27N3O3. The molecule has 0 aromatic carbocycles. The zero-order valence-corrected chi connectivity index (χ0v) is 13.1. The number of hydrogen-bond acceptors (Lipinski definition) is 3. The van der Waals surface area contributed by atoms with Crippen LogP contribution in [0.2, 0.25) is 0 Å². The minimum Gasteiger partial charge on any atom is -0.480 e. The molecule has 6 nitrogen and oxygen atoms in total. The normalized spacial score (nSPS) is 30.4. The van der Waals surface area contributed by atoms with Gasteiger partial charge in [-0.25, -0.2) is 9.59 Å². The second kappa shape index (κ2) is 6.64. The summed E-state index contributed by atoms with van der Waals surface area (Å²) >= 11 is 0. The van der Waals surface area contributed by atoms with Gasteiger partial charge in [-0.3, -0.25) is 4.90 Å². The lowest BCUT2D eigenvalue weighted by Gasteiger charge is -2.41. The lowest BCUT2D eigenvalue weighted by atomic mass is 9.89. The molecule has 2 fully saturated rings. The summed E-state index contributed by atoms with van der Waals surface area (Å²) in [5.41, 5.74) is -1.07. The van der Waals surface area contributed by atoms with Crippen molar-refractivity contribution in [2.75, 3.05) is 26.2 Å². The monoisotopic (exact) mass is 297 g/mol. The van der Waals surface area contributed by atoms with Crippen molar-refractivity contribution in [1.82, 2.24) is 15.1 Å². The number of piperidine rings is 1. The number of carbonyl (C=O) groups excluding carboxylic acids is 1. The fourth-order valence-corrected chi connectivity index (χ4v) is 3.51. The molecule has 0 radical (unpaired) electrons. The standard InChI is InChI=1S/C15H27N3O3/c1-3-17-9-6-7-12(17)11-16-14(21)18-10-5-4-8-15(18,2)13(19)20/h12H,3-11H2,1-2H3,(H,16,21)(H,19,20). The number of likely N-dealkylation sites (tertiary alicyclic amines) is 2. The molecule has 2 saturated heterocycles. The van der Waals surface area contributed by atoms with Crippen LogP contribution in [-0.2, 0) is 4.79 Å². The van der Waals surface area contributed by atoms with Crippen molar-refractivity contribution in [3.05, 3.63) is 0 Å². The summed E-state index contributed by atoms with van der Waals surface area (Å²) in [7, 11) is 0. The molecule has 0 aromatic heterocycles. The van der Waals surface area contributed by atoms with Gasteiger partial charge in [0.05, 0.1) is 0 Å². The first-order chi connectivity index (χ1) is 9.99. The summed E-state index contributed by atoms with van der Waals surface area (Å²) in [4.78, 5) is 27.8. The molecule has 2 aliphatic heterocycles. The van der Waals surface area contributed by atoms with Crippen molar-refractivity contribution in [3.63, 3.8) is 0 Å². The highest BCUT2D eigenvalue weighted by Crippen LogP contribution is 2.28. The molecule has 120 valence electrons. The molecule has 2 amide bonds. The number of nitrogens with one attached hydrogen (secondary N) is 1. The average Bonchev–Trinajstić information content (AvgIpc) is 2.92. The lowest BCUT2D eigenvalue weighted by Crippen LogP contribution is -2.60. The number of carbonyl (C=O) groups is 2. The van der Waals surface area contributed by atoms with Crippen LogP contribution in [0.15, 0.2) is 0 Å². The molecule has 2 heterocycles. The number of carboxylic acid groups (broad SMARTS) is 1. The van der Waals surface area contributed by atoms with Crippen LogP contribution < -0.4 is 5.32 Å². The Balaban J connectivity index is 1.94. The van der Waals surface area contributed by atoms with Crippen molar-refractivity contribution in [1.29, 1.82) is 0 Å². The molecule has 0 spiro atoms. The maximum atomic E-state index is 12.4. The van der Waals surface area contributed by atoms with Crippen molar-refractivity contribution < 1.29 is 14.7 Å². The zero-order chi connectivity index (χ0) is 15.5. The van der Waals surface area contributed by atoms with Crippen LogP contribution in [0.3, 0.4) is 0 Å². The van der Waals surface area contributed by atoms with Gasteiger partial charge >= 0.3 is 12.0 Å². The van der Waals surface area contributed by atoms with Crippen LogP contribution in [-0.4, -0.2) is 64.7 Å². The minimum absolute atomic E-state index is 0.234. The topological polar surface area (TPSA) is 72.9 Å². The van der Waals surface area contributed by atoms with Gasteiger partial charge in [-0.2, -0.15) is 0 Å². The number of rotatable bonds is 4. The van der Waals surface area contributed by atoms with Crippen LogP contribution in [0.4, 0.5) is 4.79 Å². The number of carboxylic acids is 1. The van der Waals surface area contributed by atoms with Gasteiger partial charge in [0, 0.05) is 19.1 Å². The number of nitrogens with zero attached hydrogens (tertiary/aromatic N) is 2. The van der Waals surface area contributed by atoms with E-state index in [1.807, 2.05) is 0 Å². The smallest absolute Gasteiger partial charge is 0.329 e. The Labute approximate surface area is 126 Å². The minimum atomic E-state index is -1.07. The SMILES string of the molecule is CCN1CCCC1CNC(=O)N1CCCCC1(C)C(=O)O. The molecule has 2 aliphatic rings. The first kappa shape index (κ1) is 16.1. The molecule has 2 unspecified atom stereocenters. The maximum absolute atomic E-state index is 12.4. The van der Waals surface area contributed by atoms with Gasteiger partial charge in [-0.1, -0.05) is 6.92 Å². The molecule has 21 heavy (non-hydrogen) atoms. The van der Waals surface area contributed by atoms with Gasteiger partial charge in [0.15, 0.2) is 0 Å². The number of hydrogen-bond donors (Lipinski definition) is 2. The van der Waals surface area contributed by atoms with Crippen LogP contribution >= 0.6 is 0 Å². The quantitative estimate of drug-likeness (QED) is 0.825. The fourth-order valence-electron chi connectivity index (χ4n) is 3.51. The molecule has 0 bridgehead atoms. The number of amides is 2. The first-order valence-corrected chi connectivity index (χ1v) is 8.02. The van der Waals surface area contributed by atoms with Crippen molar-refractivity contribution in [3.8, 4) is 0 Å². The van der Waals surface area contributed by atoms with E-state index >= 15 is 0 Å². The van der Waals surface area contributed by atoms with Gasteiger partial charge < -0.3 is 15.3 Å². The number of likely N-dealkylation sites (N-methyl/N-ethyl adjacent to an activating group) is 1. The average molecular weight is 297 g/mol. The highest BCUT2D eigenvalue weighted by molar-refractivity contribution is 5.86. The summed E-state index contributed by atoms with van der Waals surface area (Å²) in [6.45, 7) is 7.01. The molecule has 0 aliphatic carbocycles. The third kappa shape index (κ3) is 3.31. The Kier molecular flexibility index (Phi) is 5.08. The summed E-state index contributed by atoms with van der Waals surface area (Å²) < 4.78 is 0. The van der Waals surface area contributed by atoms with E-state index in [1.165, 1.54) is 11.3 Å². The van der Waals surface area contributed by atoms with Gasteiger partial charge in [0.1, 0.15) is 5.54 Å². The zero-order valence-electron chi connectivity index (χ0n) is 13.1. The Hall–Kier alpha value is -1.30. The summed E-state index contributed by atoms with van der Waals surface area (Å²) in [5.74, 6) is -0.909. The van der Waals surface area contributed by atoms with Crippen LogP contribution in [0, 0.1) is 0 Å². The van der Waals surface area contributed by atoms with E-state index in [2.05, 4.69) is 17.1 Å². The highest BCUT2D eigenvalue weighted by atomic mass is 16.4. The predicted molar refractivity (Wildman–Crippen MR) is 80.3 cm³/mol. The van der Waals surface area contributed by atoms with E-state index in [9.17, 15) is 14.7 Å². The van der Waals surface area contributed by atoms with Crippen molar-refractivity contribution in [2.45, 2.75) is 57.5 Å². The van der Waals surface area contributed by atoms with E-state index in [-0.39, 0.29) is 6.03 Å². The van der Waals surface area contributed by atoms with E-state index < -0.39 is 11.5 Å². The Morgan fingerprint density at radius 1 is 1.29 bits per heavy atom. The second-order valence-corrected chi connectivity index (χ2v) is 6.30. The van der Waals surface area contributed by atoms with E-state index in [4.69, 9.17) is 0 Å². The molecule has 0 aromatic rings. The van der Waals surface area contributed by atoms with E-state index in [1.54, 1.807) is 6.92 Å². The van der Waals surface area contributed by atoms with Gasteiger partial charge in [0.25, 0.3) is 0 Å². The highest BCUT2D eigenvalue weighted by Gasteiger charge is 2.44. The van der Waals surface area contributed by atoms with Gasteiger partial charge in [-0.15, -0.1) is 0 Å². The van der Waals surface area contributed by atoms with Gasteiger partial charge in [0.2, 0.25) is 0 Å². The van der Waals surface area contributed by atoms with Crippen molar-refractivity contribution >= 4 is 12.0 Å². The van der Waals surface area contributed by atoms with Crippen LogP contribution in [0.1, 0.15) is 46.0 Å². The third-order valence-corrected chi connectivity index (χ3v) is 4.99. The number of aliphatic carboxylic acids is 1. The van der Waals surface area contributed by atoms with Crippen molar-refractivity contribution in [2.24, 2.45) is 0 Å². The largest absolute Gasteiger partial charge is 0.480 e. The molecule has 2 N–H and O–H groups in total. The van der Waals surface area contributed by atoms with E-state index in [0.29, 0.717) is 25.6 Å². The summed E-state index contributed by atoms with van der Waals surface area (Å²) in [5, 5.41) is 12.4. The molecule has 2 rings (SSSR count). The summed E-state index contributed by atoms with van der Waals surface area (Å²) in [6, 6.07) is 0.155. The van der Waals surface area contributed by atoms with Crippen LogP contribution in [0.25, 0.3) is 0 Å². The van der Waals surface area contributed by atoms with Gasteiger partial charge in [-0.05, 0) is 52.1 Å². The predicted octanol–water partition coefficient (Wildman–Crippen LogP) is 1.51. The second-order valence-electron chi connectivity index (χ2n) is 6.30. The lowest BCUT2D eigenvalue weighted by molar-refractivity contribution is -0.150. The Morgan fingerprint density at radius 2 is 2.05 bits per heavy atom. The molecule has 0 saturated carbocycles. The molecule has 2 atom stereocenters. The number of urea groups is 1. The Morgan fingerprint density at radius 3 is 2.71 bits per heavy atom. The fraction of sp³-hybridized carbons (Fsp3) is 0.867. The maximum Gasteiger partial charge on any atom is 0.329 e.